The first-order valence-electron chi connectivity index (χ1n) is 7.21. The molecule has 3 nitrogen and oxygen atoms in total. The number of unbranched alkanes of at least 4 members (excludes halogenated alkanes) is 3. The van der Waals surface area contributed by atoms with Gasteiger partial charge in [-0.3, -0.25) is 0 Å². The van der Waals surface area contributed by atoms with E-state index in [4.69, 9.17) is 0 Å². The predicted molar refractivity (Wildman–Crippen MR) is 79.4 cm³/mol. The SMILES string of the molecule is CCCCCCNCc1ccn(-c2ccccc2)n1. The monoisotopic (exact) mass is 257 g/mol. The van der Waals surface area contributed by atoms with Crippen molar-refractivity contribution in [2.24, 2.45) is 0 Å². The first-order valence-corrected chi connectivity index (χ1v) is 7.21. The van der Waals surface area contributed by atoms with Gasteiger partial charge in [0, 0.05) is 12.7 Å². The van der Waals surface area contributed by atoms with Gasteiger partial charge in [-0.05, 0) is 31.2 Å². The molecule has 0 spiro atoms. The zero-order valence-electron chi connectivity index (χ0n) is 11.7. The van der Waals surface area contributed by atoms with Gasteiger partial charge in [0.1, 0.15) is 0 Å². The minimum Gasteiger partial charge on any atom is -0.311 e. The van der Waals surface area contributed by atoms with Gasteiger partial charge in [0.2, 0.25) is 0 Å². The molecular formula is C16H23N3. The van der Waals surface area contributed by atoms with Crippen LogP contribution in [0.2, 0.25) is 0 Å². The second-order valence-corrected chi connectivity index (χ2v) is 4.82. The van der Waals surface area contributed by atoms with E-state index in [1.807, 2.05) is 29.1 Å². The van der Waals surface area contributed by atoms with E-state index >= 15 is 0 Å². The molecule has 0 amide bonds. The molecule has 19 heavy (non-hydrogen) atoms. The van der Waals surface area contributed by atoms with Crippen molar-refractivity contribution < 1.29 is 0 Å². The van der Waals surface area contributed by atoms with Gasteiger partial charge in [-0.2, -0.15) is 5.10 Å². The average molecular weight is 257 g/mol. The third-order valence-electron chi connectivity index (χ3n) is 3.18. The lowest BCUT2D eigenvalue weighted by Gasteiger charge is -2.02. The molecule has 2 rings (SSSR count). The molecule has 0 saturated carbocycles. The molecular weight excluding hydrogens is 234 g/mol. The summed E-state index contributed by atoms with van der Waals surface area (Å²) in [5.74, 6) is 0. The van der Waals surface area contributed by atoms with Gasteiger partial charge < -0.3 is 5.32 Å². The fraction of sp³-hybridized carbons (Fsp3) is 0.438. The zero-order valence-corrected chi connectivity index (χ0v) is 11.7. The lowest BCUT2D eigenvalue weighted by atomic mass is 10.2. The minimum atomic E-state index is 0.853. The van der Waals surface area contributed by atoms with Crippen LogP contribution in [-0.2, 0) is 6.54 Å². The summed E-state index contributed by atoms with van der Waals surface area (Å²) < 4.78 is 1.92. The summed E-state index contributed by atoms with van der Waals surface area (Å²) in [6, 6.07) is 12.3. The zero-order chi connectivity index (χ0) is 13.3. The van der Waals surface area contributed by atoms with E-state index < -0.39 is 0 Å². The highest BCUT2D eigenvalue weighted by atomic mass is 15.3. The largest absolute Gasteiger partial charge is 0.311 e. The van der Waals surface area contributed by atoms with Crippen molar-refractivity contribution in [3.05, 3.63) is 48.3 Å². The Hall–Kier alpha value is -1.61. The van der Waals surface area contributed by atoms with Crippen LogP contribution >= 0.6 is 0 Å². The standard InChI is InChI=1S/C16H23N3/c1-2-3-4-8-12-17-14-15-11-13-19(18-15)16-9-6-5-7-10-16/h5-7,9-11,13,17H,2-4,8,12,14H2,1H3. The summed E-state index contributed by atoms with van der Waals surface area (Å²) in [5, 5.41) is 8.02. The van der Waals surface area contributed by atoms with Crippen LogP contribution in [-0.4, -0.2) is 16.3 Å². The normalized spacial score (nSPS) is 10.8. The number of nitrogens with one attached hydrogen (secondary N) is 1. The van der Waals surface area contributed by atoms with Crippen LogP contribution in [0.5, 0.6) is 0 Å². The second kappa shape index (κ2) is 7.74. The van der Waals surface area contributed by atoms with Crippen LogP contribution in [0.25, 0.3) is 5.69 Å². The molecule has 1 aromatic heterocycles. The number of aromatic nitrogens is 2. The Kier molecular flexibility index (Phi) is 5.63. The van der Waals surface area contributed by atoms with E-state index in [1.54, 1.807) is 0 Å². The van der Waals surface area contributed by atoms with Crippen molar-refractivity contribution in [1.29, 1.82) is 0 Å². The van der Waals surface area contributed by atoms with Crippen LogP contribution in [0, 0.1) is 0 Å². The maximum Gasteiger partial charge on any atom is 0.0766 e. The molecule has 0 bridgehead atoms. The molecule has 3 heteroatoms. The lowest BCUT2D eigenvalue weighted by molar-refractivity contribution is 0.591. The number of para-hydroxylation sites is 1. The molecule has 0 fully saturated rings. The third kappa shape index (κ3) is 4.52. The van der Waals surface area contributed by atoms with Gasteiger partial charge in [0.15, 0.2) is 0 Å². The van der Waals surface area contributed by atoms with Crippen LogP contribution in [0.3, 0.4) is 0 Å². The fourth-order valence-corrected chi connectivity index (χ4v) is 2.07. The average Bonchev–Trinajstić information content (AvgIpc) is 2.92. The Balaban J connectivity index is 1.75. The Bertz CT molecular complexity index is 462. The number of hydrogen-bond acceptors (Lipinski definition) is 2. The molecule has 1 N–H and O–H groups in total. The molecule has 2 aromatic rings. The van der Waals surface area contributed by atoms with Crippen LogP contribution in [0.1, 0.15) is 38.3 Å². The van der Waals surface area contributed by atoms with Crippen molar-refractivity contribution in [1.82, 2.24) is 15.1 Å². The number of nitrogens with zero attached hydrogens (tertiary/aromatic N) is 2. The van der Waals surface area contributed by atoms with Crippen molar-refractivity contribution in [2.75, 3.05) is 6.54 Å². The lowest BCUT2D eigenvalue weighted by Crippen LogP contribution is -2.15. The van der Waals surface area contributed by atoms with Crippen molar-refractivity contribution >= 4 is 0 Å². The summed E-state index contributed by atoms with van der Waals surface area (Å²) in [7, 11) is 0. The molecule has 0 saturated heterocycles. The highest BCUT2D eigenvalue weighted by Crippen LogP contribution is 2.06. The van der Waals surface area contributed by atoms with Crippen molar-refractivity contribution in [3.63, 3.8) is 0 Å². The smallest absolute Gasteiger partial charge is 0.0766 e. The van der Waals surface area contributed by atoms with E-state index in [0.29, 0.717) is 0 Å². The maximum absolute atomic E-state index is 4.57. The van der Waals surface area contributed by atoms with Gasteiger partial charge >= 0.3 is 0 Å². The maximum atomic E-state index is 4.57. The summed E-state index contributed by atoms with van der Waals surface area (Å²) >= 11 is 0. The van der Waals surface area contributed by atoms with Crippen LogP contribution in [0.4, 0.5) is 0 Å². The summed E-state index contributed by atoms with van der Waals surface area (Å²) in [6.07, 6.45) is 7.23. The topological polar surface area (TPSA) is 29.9 Å². The molecule has 0 unspecified atom stereocenters. The van der Waals surface area contributed by atoms with E-state index in [0.717, 1.165) is 24.5 Å². The quantitative estimate of drug-likeness (QED) is 0.733. The van der Waals surface area contributed by atoms with Crippen LogP contribution in [0.15, 0.2) is 42.6 Å². The minimum absolute atomic E-state index is 0.853. The third-order valence-corrected chi connectivity index (χ3v) is 3.18. The summed E-state index contributed by atoms with van der Waals surface area (Å²) in [5.41, 5.74) is 2.20. The van der Waals surface area contributed by atoms with E-state index in [9.17, 15) is 0 Å². The Morgan fingerprint density at radius 1 is 1.05 bits per heavy atom. The van der Waals surface area contributed by atoms with Crippen molar-refractivity contribution in [3.8, 4) is 5.69 Å². The first kappa shape index (κ1) is 13.8. The number of benzene rings is 1. The van der Waals surface area contributed by atoms with Gasteiger partial charge in [-0.25, -0.2) is 4.68 Å². The molecule has 102 valence electrons. The van der Waals surface area contributed by atoms with Gasteiger partial charge in [-0.15, -0.1) is 0 Å². The summed E-state index contributed by atoms with van der Waals surface area (Å²) in [4.78, 5) is 0. The molecule has 0 aliphatic heterocycles. The highest BCUT2D eigenvalue weighted by molar-refractivity contribution is 5.30. The molecule has 1 heterocycles. The van der Waals surface area contributed by atoms with E-state index in [2.05, 4.69) is 35.5 Å². The Morgan fingerprint density at radius 2 is 1.89 bits per heavy atom. The number of hydrogen-bond donors (Lipinski definition) is 1. The predicted octanol–water partition coefficient (Wildman–Crippen LogP) is 3.54. The molecule has 0 aliphatic carbocycles. The molecule has 0 aliphatic rings. The summed E-state index contributed by atoms with van der Waals surface area (Å²) in [6.45, 7) is 4.17. The van der Waals surface area contributed by atoms with Gasteiger partial charge in [-0.1, -0.05) is 44.4 Å². The Labute approximate surface area is 115 Å². The van der Waals surface area contributed by atoms with Gasteiger partial charge in [0.05, 0.1) is 11.4 Å². The van der Waals surface area contributed by atoms with E-state index in [-0.39, 0.29) is 0 Å². The fourth-order valence-electron chi connectivity index (χ4n) is 2.07. The first-order chi connectivity index (χ1) is 9.40. The molecule has 0 radical (unpaired) electrons. The van der Waals surface area contributed by atoms with Crippen molar-refractivity contribution in [2.45, 2.75) is 39.2 Å². The van der Waals surface area contributed by atoms with E-state index in [1.165, 1.54) is 25.7 Å². The van der Waals surface area contributed by atoms with Crippen LogP contribution < -0.4 is 5.32 Å². The molecule has 0 atom stereocenters. The number of rotatable bonds is 8. The highest BCUT2D eigenvalue weighted by Gasteiger charge is 2.00. The molecule has 1 aromatic carbocycles. The second-order valence-electron chi connectivity index (χ2n) is 4.82. The van der Waals surface area contributed by atoms with Gasteiger partial charge in [0.25, 0.3) is 0 Å². The Morgan fingerprint density at radius 3 is 2.68 bits per heavy atom.